The number of ketones is 1. The van der Waals surface area contributed by atoms with Crippen molar-refractivity contribution >= 4 is 21.7 Å². The summed E-state index contributed by atoms with van der Waals surface area (Å²) in [6.45, 7) is 3.53. The van der Waals surface area contributed by atoms with E-state index in [1.807, 2.05) is 0 Å². The van der Waals surface area contributed by atoms with E-state index in [0.29, 0.717) is 5.33 Å². The summed E-state index contributed by atoms with van der Waals surface area (Å²) in [5, 5.41) is 0.613. The highest BCUT2D eigenvalue weighted by Gasteiger charge is 2.34. The fourth-order valence-electron chi connectivity index (χ4n) is 0.793. The van der Waals surface area contributed by atoms with Crippen LogP contribution in [0.1, 0.15) is 13.8 Å². The van der Waals surface area contributed by atoms with Crippen LogP contribution in [0.4, 0.5) is 0 Å². The lowest BCUT2D eigenvalue weighted by molar-refractivity contribution is -0.126. The zero-order chi connectivity index (χ0) is 7.78. The number of rotatable bonds is 1. The van der Waals surface area contributed by atoms with Gasteiger partial charge in [-0.1, -0.05) is 15.9 Å². The molecule has 0 aromatic carbocycles. The van der Waals surface area contributed by atoms with E-state index in [0.717, 1.165) is 5.76 Å². The summed E-state index contributed by atoms with van der Waals surface area (Å²) in [4.78, 5) is 11.0. The first-order valence-corrected chi connectivity index (χ1v) is 4.18. The van der Waals surface area contributed by atoms with Crippen molar-refractivity contribution in [1.29, 1.82) is 0 Å². The molecule has 0 bridgehead atoms. The molecule has 3 heteroatoms. The highest BCUT2D eigenvalue weighted by molar-refractivity contribution is 9.09. The maximum absolute atomic E-state index is 11.0. The highest BCUT2D eigenvalue weighted by atomic mass is 79.9. The van der Waals surface area contributed by atoms with Gasteiger partial charge in [0.2, 0.25) is 5.78 Å². The number of allylic oxidation sites excluding steroid dienone is 1. The first kappa shape index (κ1) is 7.79. The Kier molecular flexibility index (Phi) is 1.86. The van der Waals surface area contributed by atoms with Gasteiger partial charge < -0.3 is 4.74 Å². The molecule has 0 aliphatic carbocycles. The van der Waals surface area contributed by atoms with Crippen LogP contribution in [-0.2, 0) is 9.53 Å². The van der Waals surface area contributed by atoms with E-state index in [4.69, 9.17) is 4.74 Å². The Labute approximate surface area is 68.4 Å². The van der Waals surface area contributed by atoms with E-state index in [1.165, 1.54) is 6.08 Å². The summed E-state index contributed by atoms with van der Waals surface area (Å²) in [6, 6.07) is 0. The molecular weight excluding hydrogens is 196 g/mol. The van der Waals surface area contributed by atoms with Crippen LogP contribution in [0.15, 0.2) is 11.8 Å². The van der Waals surface area contributed by atoms with Crippen molar-refractivity contribution < 1.29 is 9.53 Å². The smallest absolute Gasteiger partial charge is 0.201 e. The van der Waals surface area contributed by atoms with E-state index in [1.54, 1.807) is 13.8 Å². The summed E-state index contributed by atoms with van der Waals surface area (Å²) in [6.07, 6.45) is 1.54. The first-order valence-electron chi connectivity index (χ1n) is 3.06. The van der Waals surface area contributed by atoms with Crippen molar-refractivity contribution in [3.05, 3.63) is 11.8 Å². The van der Waals surface area contributed by atoms with Crippen LogP contribution in [0.5, 0.6) is 0 Å². The molecule has 2 nitrogen and oxygen atoms in total. The molecule has 1 aliphatic heterocycles. The van der Waals surface area contributed by atoms with Gasteiger partial charge in [0.15, 0.2) is 5.60 Å². The van der Waals surface area contributed by atoms with Gasteiger partial charge in [-0.3, -0.25) is 4.79 Å². The zero-order valence-corrected chi connectivity index (χ0v) is 7.56. The number of ether oxygens (including phenoxy) is 1. The summed E-state index contributed by atoms with van der Waals surface area (Å²) in [5.41, 5.74) is -0.636. The molecule has 0 saturated carbocycles. The molecule has 1 rings (SSSR count). The number of carbonyl (C=O) groups excluding carboxylic acids is 1. The quantitative estimate of drug-likeness (QED) is 0.608. The summed E-state index contributed by atoms with van der Waals surface area (Å²) in [7, 11) is 0. The van der Waals surface area contributed by atoms with Crippen molar-refractivity contribution in [2.24, 2.45) is 0 Å². The second-order valence-corrected chi connectivity index (χ2v) is 3.28. The van der Waals surface area contributed by atoms with Crippen LogP contribution in [0.2, 0.25) is 0 Å². The summed E-state index contributed by atoms with van der Waals surface area (Å²) >= 11 is 3.21. The molecule has 0 atom stereocenters. The van der Waals surface area contributed by atoms with Crippen LogP contribution in [0.25, 0.3) is 0 Å². The summed E-state index contributed by atoms with van der Waals surface area (Å²) < 4.78 is 5.27. The highest BCUT2D eigenvalue weighted by Crippen LogP contribution is 2.24. The Bertz CT molecular complexity index is 194. The van der Waals surface area contributed by atoms with E-state index >= 15 is 0 Å². The standard InChI is InChI=1S/C7H9BrO2/c1-7(2)6(9)3-5(4-8)10-7/h3H,4H2,1-2H3. The number of alkyl halides is 1. The lowest BCUT2D eigenvalue weighted by Gasteiger charge is -2.16. The lowest BCUT2D eigenvalue weighted by atomic mass is 10.1. The lowest BCUT2D eigenvalue weighted by Crippen LogP contribution is -2.27. The predicted molar refractivity (Wildman–Crippen MR) is 42.0 cm³/mol. The van der Waals surface area contributed by atoms with Gasteiger partial charge in [-0.15, -0.1) is 0 Å². The van der Waals surface area contributed by atoms with Gasteiger partial charge in [0, 0.05) is 6.08 Å². The molecule has 0 amide bonds. The van der Waals surface area contributed by atoms with Crippen molar-refractivity contribution in [3.8, 4) is 0 Å². The van der Waals surface area contributed by atoms with Crippen LogP contribution >= 0.6 is 15.9 Å². The predicted octanol–water partition coefficient (Wildman–Crippen LogP) is 1.64. The molecule has 0 radical (unpaired) electrons. The molecule has 0 spiro atoms. The normalized spacial score (nSPS) is 22.3. The third kappa shape index (κ3) is 1.24. The Morgan fingerprint density at radius 1 is 1.70 bits per heavy atom. The minimum absolute atomic E-state index is 0.0435. The SMILES string of the molecule is CC1(C)OC(CBr)=CC1=O. The van der Waals surface area contributed by atoms with E-state index in [9.17, 15) is 4.79 Å². The molecule has 1 aliphatic rings. The van der Waals surface area contributed by atoms with Crippen LogP contribution < -0.4 is 0 Å². The molecule has 56 valence electrons. The van der Waals surface area contributed by atoms with Gasteiger partial charge in [-0.2, -0.15) is 0 Å². The van der Waals surface area contributed by atoms with Crippen LogP contribution in [-0.4, -0.2) is 16.7 Å². The third-order valence-electron chi connectivity index (χ3n) is 1.40. The average molecular weight is 205 g/mol. The molecule has 0 unspecified atom stereocenters. The fourth-order valence-corrected chi connectivity index (χ4v) is 1.07. The Morgan fingerprint density at radius 2 is 2.30 bits per heavy atom. The van der Waals surface area contributed by atoms with Crippen molar-refractivity contribution in [3.63, 3.8) is 0 Å². The Morgan fingerprint density at radius 3 is 2.50 bits per heavy atom. The van der Waals surface area contributed by atoms with Gasteiger partial charge in [-0.25, -0.2) is 0 Å². The topological polar surface area (TPSA) is 26.3 Å². The molecule has 0 fully saturated rings. The molecule has 0 N–H and O–H groups in total. The minimum Gasteiger partial charge on any atom is -0.483 e. The van der Waals surface area contributed by atoms with Crippen LogP contribution in [0.3, 0.4) is 0 Å². The monoisotopic (exact) mass is 204 g/mol. The van der Waals surface area contributed by atoms with Gasteiger partial charge in [-0.05, 0) is 13.8 Å². The van der Waals surface area contributed by atoms with Crippen LogP contribution in [0, 0.1) is 0 Å². The fraction of sp³-hybridized carbons (Fsp3) is 0.571. The molecule has 0 aromatic heterocycles. The largest absolute Gasteiger partial charge is 0.483 e. The van der Waals surface area contributed by atoms with E-state index in [2.05, 4.69) is 15.9 Å². The zero-order valence-electron chi connectivity index (χ0n) is 5.98. The summed E-state index contributed by atoms with van der Waals surface area (Å²) in [5.74, 6) is 0.761. The maximum Gasteiger partial charge on any atom is 0.201 e. The Balaban J connectivity index is 2.76. The average Bonchev–Trinajstić information content (AvgIpc) is 2.08. The van der Waals surface area contributed by atoms with Crippen molar-refractivity contribution in [1.82, 2.24) is 0 Å². The minimum atomic E-state index is -0.636. The van der Waals surface area contributed by atoms with Crippen molar-refractivity contribution in [2.45, 2.75) is 19.4 Å². The molecule has 0 saturated heterocycles. The van der Waals surface area contributed by atoms with Gasteiger partial charge in [0.25, 0.3) is 0 Å². The van der Waals surface area contributed by atoms with Gasteiger partial charge >= 0.3 is 0 Å². The number of carbonyl (C=O) groups is 1. The van der Waals surface area contributed by atoms with Gasteiger partial charge in [0.05, 0.1) is 5.33 Å². The maximum atomic E-state index is 11.0. The van der Waals surface area contributed by atoms with E-state index in [-0.39, 0.29) is 5.78 Å². The number of hydrogen-bond donors (Lipinski definition) is 0. The molecular formula is C7H9BrO2. The second-order valence-electron chi connectivity index (χ2n) is 2.72. The second kappa shape index (κ2) is 2.38. The van der Waals surface area contributed by atoms with Crippen molar-refractivity contribution in [2.75, 3.05) is 5.33 Å². The number of hydrogen-bond acceptors (Lipinski definition) is 2. The Hall–Kier alpha value is -0.310. The molecule has 10 heavy (non-hydrogen) atoms. The van der Waals surface area contributed by atoms with E-state index < -0.39 is 5.60 Å². The molecule has 1 heterocycles. The van der Waals surface area contributed by atoms with Gasteiger partial charge in [0.1, 0.15) is 5.76 Å². The number of halogens is 1. The molecule has 0 aromatic rings. The first-order chi connectivity index (χ1) is 4.56. The third-order valence-corrected chi connectivity index (χ3v) is 1.96.